The van der Waals surface area contributed by atoms with Crippen LogP contribution in [-0.4, -0.2) is 25.2 Å². The van der Waals surface area contributed by atoms with Gasteiger partial charge in [-0.3, -0.25) is 9.59 Å². The fourth-order valence-corrected chi connectivity index (χ4v) is 4.90. The number of nitrogens with one attached hydrogen (secondary N) is 1. The molecule has 3 atom stereocenters. The van der Waals surface area contributed by atoms with Crippen molar-refractivity contribution < 1.29 is 27.5 Å². The Kier molecular flexibility index (Phi) is 8.43. The number of halogens is 5. The number of esters is 1. The molecule has 0 bridgehead atoms. The van der Waals surface area contributed by atoms with Crippen molar-refractivity contribution in [3.8, 4) is 0 Å². The monoisotopic (exact) mass is 529 g/mol. The Bertz CT molecular complexity index is 1070. The minimum absolute atomic E-state index is 0.141. The minimum Gasteiger partial charge on any atom is -0.469 e. The van der Waals surface area contributed by atoms with Gasteiger partial charge in [0, 0.05) is 10.4 Å². The Hall–Kier alpha value is -2.25. The quantitative estimate of drug-likeness (QED) is 0.359. The molecule has 3 rings (SSSR count). The molecule has 1 N–H and O–H groups in total. The van der Waals surface area contributed by atoms with Gasteiger partial charge in [0.25, 0.3) is 0 Å². The molecule has 2 aromatic carbocycles. The molecule has 0 spiro atoms. The average Bonchev–Trinajstić information content (AvgIpc) is 2.74. The number of amides is 1. The molecule has 2 aromatic rings. The molecule has 190 valence electrons. The lowest BCUT2D eigenvalue weighted by atomic mass is 9.61. The summed E-state index contributed by atoms with van der Waals surface area (Å²) in [5.41, 5.74) is 0.579. The van der Waals surface area contributed by atoms with Gasteiger partial charge in [0.1, 0.15) is 0 Å². The van der Waals surface area contributed by atoms with E-state index in [4.69, 9.17) is 27.9 Å². The van der Waals surface area contributed by atoms with Gasteiger partial charge in [-0.05, 0) is 54.2 Å². The molecule has 1 amide bonds. The summed E-state index contributed by atoms with van der Waals surface area (Å²) < 4.78 is 45.9. The van der Waals surface area contributed by atoms with Gasteiger partial charge in [0.05, 0.1) is 36.1 Å². The number of rotatable bonds is 8. The fourth-order valence-electron chi connectivity index (χ4n) is 4.61. The molecule has 0 radical (unpaired) electrons. The second-order valence-electron chi connectivity index (χ2n) is 9.34. The van der Waals surface area contributed by atoms with Crippen molar-refractivity contribution in [2.75, 3.05) is 12.4 Å². The van der Waals surface area contributed by atoms with Crippen molar-refractivity contribution in [3.05, 3.63) is 63.6 Å². The van der Waals surface area contributed by atoms with Crippen LogP contribution in [0.25, 0.3) is 0 Å². The lowest BCUT2D eigenvalue weighted by Gasteiger charge is -2.43. The Morgan fingerprint density at radius 2 is 1.74 bits per heavy atom. The zero-order valence-electron chi connectivity index (χ0n) is 19.7. The Balaban J connectivity index is 1.96. The average molecular weight is 530 g/mol. The summed E-state index contributed by atoms with van der Waals surface area (Å²) in [5, 5.41) is 3.15. The normalized spacial score (nSPS) is 17.6. The van der Waals surface area contributed by atoms with Gasteiger partial charge in [-0.15, -0.1) is 0 Å². The molecule has 35 heavy (non-hydrogen) atoms. The smallest absolute Gasteiger partial charge is 0.392 e. The van der Waals surface area contributed by atoms with Gasteiger partial charge in [-0.25, -0.2) is 0 Å². The largest absolute Gasteiger partial charge is 0.469 e. The second kappa shape index (κ2) is 10.8. The van der Waals surface area contributed by atoms with Crippen molar-refractivity contribution in [1.82, 2.24) is 0 Å². The predicted octanol–water partition coefficient (Wildman–Crippen LogP) is 7.54. The van der Waals surface area contributed by atoms with Crippen LogP contribution in [0, 0.1) is 11.8 Å². The molecular formula is C26H28Cl2F3NO3. The van der Waals surface area contributed by atoms with E-state index >= 15 is 0 Å². The van der Waals surface area contributed by atoms with Crippen LogP contribution in [0.4, 0.5) is 18.9 Å². The van der Waals surface area contributed by atoms with E-state index in [0.29, 0.717) is 5.02 Å². The van der Waals surface area contributed by atoms with E-state index in [9.17, 15) is 22.8 Å². The van der Waals surface area contributed by atoms with Crippen LogP contribution in [-0.2, 0) is 19.7 Å². The molecule has 1 saturated carbocycles. The van der Waals surface area contributed by atoms with Gasteiger partial charge in [0.2, 0.25) is 5.91 Å². The maximum absolute atomic E-state index is 13.7. The molecule has 2 unspecified atom stereocenters. The van der Waals surface area contributed by atoms with Gasteiger partial charge < -0.3 is 10.1 Å². The highest BCUT2D eigenvalue weighted by Gasteiger charge is 2.45. The fraction of sp³-hybridized carbons (Fsp3) is 0.462. The number of ether oxygens (including phenoxy) is 1. The van der Waals surface area contributed by atoms with E-state index in [1.54, 1.807) is 18.2 Å². The third kappa shape index (κ3) is 6.12. The maximum Gasteiger partial charge on any atom is 0.392 e. The standard InChI is InChI=1S/C26H28Cl2F3NO3/c1-15(26(29,30)31)23(16-7-10-19(27)11-8-16)24(34)32-21-13-18(9-12-20(21)28)25(2,14-22(33)35-3)17-5-4-6-17/h7-13,15,17,23H,4-6,14H2,1-3H3,(H,32,34)/t15-,23?,25?/m1/s1. The summed E-state index contributed by atoms with van der Waals surface area (Å²) in [6.45, 7) is 2.94. The van der Waals surface area contributed by atoms with Gasteiger partial charge in [-0.1, -0.05) is 61.7 Å². The van der Waals surface area contributed by atoms with Crippen molar-refractivity contribution in [2.24, 2.45) is 11.8 Å². The first-order chi connectivity index (χ1) is 16.4. The first kappa shape index (κ1) is 27.3. The van der Waals surface area contributed by atoms with Gasteiger partial charge >= 0.3 is 12.1 Å². The Morgan fingerprint density at radius 1 is 1.11 bits per heavy atom. The third-order valence-corrected chi connectivity index (χ3v) is 7.74. The van der Waals surface area contributed by atoms with E-state index in [2.05, 4.69) is 5.32 Å². The van der Waals surface area contributed by atoms with E-state index in [1.165, 1.54) is 31.4 Å². The number of methoxy groups -OCH3 is 1. The molecule has 0 heterocycles. The lowest BCUT2D eigenvalue weighted by molar-refractivity contribution is -0.178. The number of alkyl halides is 3. The Labute approximate surface area is 213 Å². The zero-order valence-corrected chi connectivity index (χ0v) is 21.2. The summed E-state index contributed by atoms with van der Waals surface area (Å²) >= 11 is 12.2. The molecule has 1 fully saturated rings. The van der Waals surface area contributed by atoms with Gasteiger partial charge in [0.15, 0.2) is 0 Å². The van der Waals surface area contributed by atoms with Crippen LogP contribution in [0.5, 0.6) is 0 Å². The number of carbonyl (C=O) groups is 2. The van der Waals surface area contributed by atoms with E-state index in [1.807, 2.05) is 6.92 Å². The molecule has 0 saturated heterocycles. The molecule has 4 nitrogen and oxygen atoms in total. The summed E-state index contributed by atoms with van der Waals surface area (Å²) in [5.74, 6) is -4.43. The summed E-state index contributed by atoms with van der Waals surface area (Å²) in [7, 11) is 1.33. The topological polar surface area (TPSA) is 55.4 Å². The van der Waals surface area contributed by atoms with E-state index < -0.39 is 29.3 Å². The number of hydrogen-bond acceptors (Lipinski definition) is 3. The van der Waals surface area contributed by atoms with Crippen molar-refractivity contribution >= 4 is 40.8 Å². The van der Waals surface area contributed by atoms with Crippen LogP contribution in [0.15, 0.2) is 42.5 Å². The van der Waals surface area contributed by atoms with Crippen LogP contribution < -0.4 is 5.32 Å². The van der Waals surface area contributed by atoms with Crippen molar-refractivity contribution in [3.63, 3.8) is 0 Å². The minimum atomic E-state index is -4.60. The molecule has 0 aromatic heterocycles. The maximum atomic E-state index is 13.7. The first-order valence-corrected chi connectivity index (χ1v) is 12.1. The highest BCUT2D eigenvalue weighted by molar-refractivity contribution is 6.33. The van der Waals surface area contributed by atoms with E-state index in [-0.39, 0.29) is 34.6 Å². The predicted molar refractivity (Wildman–Crippen MR) is 131 cm³/mol. The molecule has 0 aliphatic heterocycles. The number of anilines is 1. The molecule has 1 aliphatic carbocycles. The van der Waals surface area contributed by atoms with Crippen LogP contribution in [0.3, 0.4) is 0 Å². The van der Waals surface area contributed by atoms with E-state index in [0.717, 1.165) is 31.7 Å². The Morgan fingerprint density at radius 3 is 2.26 bits per heavy atom. The first-order valence-electron chi connectivity index (χ1n) is 11.4. The SMILES string of the molecule is COC(=O)CC(C)(c1ccc(Cl)c(NC(=O)C(c2ccc(Cl)cc2)[C@@H](C)C(F)(F)F)c1)C1CCC1. The van der Waals surface area contributed by atoms with Crippen LogP contribution >= 0.6 is 23.2 Å². The second-order valence-corrected chi connectivity index (χ2v) is 10.2. The van der Waals surface area contributed by atoms with Gasteiger partial charge in [-0.2, -0.15) is 13.2 Å². The summed E-state index contributed by atoms with van der Waals surface area (Å²) in [4.78, 5) is 25.4. The van der Waals surface area contributed by atoms with Crippen LogP contribution in [0.2, 0.25) is 10.0 Å². The molecule has 1 aliphatic rings. The van der Waals surface area contributed by atoms with Crippen molar-refractivity contribution in [1.29, 1.82) is 0 Å². The molecular weight excluding hydrogens is 502 g/mol. The highest BCUT2D eigenvalue weighted by atomic mass is 35.5. The number of hydrogen-bond donors (Lipinski definition) is 1. The lowest BCUT2D eigenvalue weighted by Crippen LogP contribution is -2.39. The van der Waals surface area contributed by atoms with Crippen LogP contribution in [0.1, 0.15) is 56.6 Å². The number of benzene rings is 2. The highest BCUT2D eigenvalue weighted by Crippen LogP contribution is 2.47. The number of carbonyl (C=O) groups excluding carboxylic acids is 2. The van der Waals surface area contributed by atoms with Crippen molar-refractivity contribution in [2.45, 2.75) is 57.0 Å². The summed E-state index contributed by atoms with van der Waals surface area (Å²) in [6, 6.07) is 10.8. The molecule has 9 heteroatoms. The third-order valence-electron chi connectivity index (χ3n) is 7.16. The zero-order chi connectivity index (χ0) is 26.0. The summed E-state index contributed by atoms with van der Waals surface area (Å²) in [6.07, 6.45) is -1.52.